The van der Waals surface area contributed by atoms with Gasteiger partial charge in [0.2, 0.25) is 0 Å². The number of carbonyl (C=O) groups excluding carboxylic acids is 1. The molecule has 3 rings (SSSR count). The Morgan fingerprint density at radius 3 is 2.86 bits per heavy atom. The molecule has 108 valence electrons. The molecule has 5 heteroatoms. The average molecular weight is 349 g/mol. The number of benzene rings is 2. The van der Waals surface area contributed by atoms with Crippen LogP contribution in [0.5, 0.6) is 0 Å². The predicted octanol–water partition coefficient (Wildman–Crippen LogP) is 3.49. The molecule has 2 aromatic carbocycles. The number of carbonyl (C=O) groups is 1. The van der Waals surface area contributed by atoms with E-state index in [0.29, 0.717) is 15.7 Å². The van der Waals surface area contributed by atoms with Gasteiger partial charge in [-0.25, -0.2) is 4.39 Å². The number of halogens is 2. The molecule has 21 heavy (non-hydrogen) atoms. The van der Waals surface area contributed by atoms with Crippen molar-refractivity contribution < 1.29 is 9.18 Å². The molecular formula is C16H14BrFN2O. The molecule has 0 atom stereocenters. The summed E-state index contributed by atoms with van der Waals surface area (Å²) < 4.78 is 13.5. The Kier molecular flexibility index (Phi) is 4.03. The van der Waals surface area contributed by atoms with Crippen LogP contribution in [0.15, 0.2) is 40.9 Å². The fourth-order valence-corrected chi connectivity index (χ4v) is 2.78. The molecule has 0 radical (unpaired) electrons. The van der Waals surface area contributed by atoms with E-state index in [-0.39, 0.29) is 11.7 Å². The second kappa shape index (κ2) is 5.95. The van der Waals surface area contributed by atoms with E-state index >= 15 is 0 Å². The summed E-state index contributed by atoms with van der Waals surface area (Å²) in [6, 6.07) is 10.2. The molecule has 0 bridgehead atoms. The van der Waals surface area contributed by atoms with Crippen LogP contribution in [0.4, 0.5) is 10.1 Å². The quantitative estimate of drug-likeness (QED) is 0.872. The molecule has 0 aliphatic carbocycles. The molecule has 2 N–H and O–H groups in total. The highest BCUT2D eigenvalue weighted by molar-refractivity contribution is 9.10. The van der Waals surface area contributed by atoms with Crippen molar-refractivity contribution >= 4 is 27.5 Å². The lowest BCUT2D eigenvalue weighted by molar-refractivity contribution is 0.102. The van der Waals surface area contributed by atoms with E-state index in [1.807, 2.05) is 18.2 Å². The van der Waals surface area contributed by atoms with Crippen LogP contribution in [-0.4, -0.2) is 12.5 Å². The highest BCUT2D eigenvalue weighted by atomic mass is 79.9. The monoisotopic (exact) mass is 348 g/mol. The van der Waals surface area contributed by atoms with E-state index < -0.39 is 0 Å². The summed E-state index contributed by atoms with van der Waals surface area (Å²) in [6.07, 6.45) is 0.988. The smallest absolute Gasteiger partial charge is 0.255 e. The molecular weight excluding hydrogens is 335 g/mol. The maximum atomic E-state index is 13.2. The van der Waals surface area contributed by atoms with Crippen molar-refractivity contribution in [3.05, 3.63) is 63.4 Å². The van der Waals surface area contributed by atoms with Gasteiger partial charge in [0.1, 0.15) is 5.82 Å². The van der Waals surface area contributed by atoms with Gasteiger partial charge in [-0.3, -0.25) is 4.79 Å². The van der Waals surface area contributed by atoms with E-state index in [2.05, 4.69) is 26.6 Å². The molecule has 1 aliphatic rings. The summed E-state index contributed by atoms with van der Waals surface area (Å²) in [6.45, 7) is 1.76. The summed E-state index contributed by atoms with van der Waals surface area (Å²) in [7, 11) is 0. The van der Waals surface area contributed by atoms with Gasteiger partial charge in [0.15, 0.2) is 0 Å². The first-order chi connectivity index (χ1) is 10.1. The zero-order valence-corrected chi connectivity index (χ0v) is 12.8. The van der Waals surface area contributed by atoms with Gasteiger partial charge < -0.3 is 10.6 Å². The fraction of sp³-hybridized carbons (Fsp3) is 0.188. The Morgan fingerprint density at radius 2 is 2.05 bits per heavy atom. The first-order valence-corrected chi connectivity index (χ1v) is 7.52. The van der Waals surface area contributed by atoms with E-state index in [0.717, 1.165) is 25.1 Å². The number of amides is 1. The summed E-state index contributed by atoms with van der Waals surface area (Å²) in [5.41, 5.74) is 3.62. The molecule has 0 unspecified atom stereocenters. The molecule has 0 saturated heterocycles. The van der Waals surface area contributed by atoms with Crippen molar-refractivity contribution in [1.29, 1.82) is 0 Å². The third kappa shape index (κ3) is 3.14. The Morgan fingerprint density at radius 1 is 1.19 bits per heavy atom. The maximum Gasteiger partial charge on any atom is 0.255 e. The van der Waals surface area contributed by atoms with Gasteiger partial charge in [-0.2, -0.15) is 0 Å². The van der Waals surface area contributed by atoms with Gasteiger partial charge in [0, 0.05) is 17.8 Å². The van der Waals surface area contributed by atoms with Crippen molar-refractivity contribution in [2.24, 2.45) is 0 Å². The summed E-state index contributed by atoms with van der Waals surface area (Å²) in [5.74, 6) is -0.547. The minimum absolute atomic E-state index is 0.193. The van der Waals surface area contributed by atoms with Gasteiger partial charge in [-0.05, 0) is 70.4 Å². The third-order valence-corrected chi connectivity index (χ3v) is 4.14. The molecule has 2 aromatic rings. The van der Waals surface area contributed by atoms with Crippen molar-refractivity contribution in [2.45, 2.75) is 13.0 Å². The summed E-state index contributed by atoms with van der Waals surface area (Å²) >= 11 is 3.11. The summed E-state index contributed by atoms with van der Waals surface area (Å²) in [4.78, 5) is 12.3. The first-order valence-electron chi connectivity index (χ1n) is 6.72. The lowest BCUT2D eigenvalue weighted by Crippen LogP contribution is -2.24. The second-order valence-corrected chi connectivity index (χ2v) is 5.85. The zero-order valence-electron chi connectivity index (χ0n) is 11.2. The molecule has 0 aromatic heterocycles. The van der Waals surface area contributed by atoms with E-state index in [9.17, 15) is 9.18 Å². The van der Waals surface area contributed by atoms with Crippen LogP contribution in [0.25, 0.3) is 0 Å². The van der Waals surface area contributed by atoms with Crippen LogP contribution < -0.4 is 10.6 Å². The molecule has 1 heterocycles. The van der Waals surface area contributed by atoms with Crippen molar-refractivity contribution in [3.8, 4) is 0 Å². The van der Waals surface area contributed by atoms with Crippen molar-refractivity contribution in [2.75, 3.05) is 11.9 Å². The third-order valence-electron chi connectivity index (χ3n) is 3.53. The van der Waals surface area contributed by atoms with Crippen LogP contribution in [-0.2, 0) is 13.0 Å². The predicted molar refractivity (Wildman–Crippen MR) is 83.9 cm³/mol. The Balaban J connectivity index is 1.80. The molecule has 0 saturated carbocycles. The van der Waals surface area contributed by atoms with Crippen LogP contribution >= 0.6 is 15.9 Å². The van der Waals surface area contributed by atoms with Crippen LogP contribution in [0.2, 0.25) is 0 Å². The standard InChI is InChI=1S/C16H14BrFN2O/c17-14-8-13(3-4-15(14)18)20-16(21)11-2-1-10-5-6-19-9-12(10)7-11/h1-4,7-8,19H,5-6,9H2,(H,20,21). The van der Waals surface area contributed by atoms with Crippen molar-refractivity contribution in [3.63, 3.8) is 0 Å². The zero-order chi connectivity index (χ0) is 14.8. The number of hydrogen-bond donors (Lipinski definition) is 2. The molecule has 1 amide bonds. The number of anilines is 1. The number of fused-ring (bicyclic) bond motifs is 1. The van der Waals surface area contributed by atoms with Gasteiger partial charge in [0.25, 0.3) is 5.91 Å². The number of hydrogen-bond acceptors (Lipinski definition) is 2. The van der Waals surface area contributed by atoms with E-state index in [4.69, 9.17) is 0 Å². The van der Waals surface area contributed by atoms with Gasteiger partial charge >= 0.3 is 0 Å². The minimum Gasteiger partial charge on any atom is -0.322 e. The van der Waals surface area contributed by atoms with Gasteiger partial charge in [-0.15, -0.1) is 0 Å². The first kappa shape index (κ1) is 14.2. The molecule has 3 nitrogen and oxygen atoms in total. The van der Waals surface area contributed by atoms with Crippen LogP contribution in [0.3, 0.4) is 0 Å². The minimum atomic E-state index is -0.354. The van der Waals surface area contributed by atoms with E-state index in [1.54, 1.807) is 6.07 Å². The fourth-order valence-electron chi connectivity index (χ4n) is 2.40. The normalized spacial score (nSPS) is 13.6. The Bertz CT molecular complexity index is 703. The highest BCUT2D eigenvalue weighted by Gasteiger charge is 2.13. The van der Waals surface area contributed by atoms with Crippen LogP contribution in [0, 0.1) is 5.82 Å². The largest absolute Gasteiger partial charge is 0.322 e. The van der Waals surface area contributed by atoms with Gasteiger partial charge in [-0.1, -0.05) is 6.07 Å². The van der Waals surface area contributed by atoms with Gasteiger partial charge in [0.05, 0.1) is 4.47 Å². The van der Waals surface area contributed by atoms with Crippen molar-refractivity contribution in [1.82, 2.24) is 5.32 Å². The highest BCUT2D eigenvalue weighted by Crippen LogP contribution is 2.21. The average Bonchev–Trinajstić information content (AvgIpc) is 2.50. The van der Waals surface area contributed by atoms with Crippen LogP contribution in [0.1, 0.15) is 21.5 Å². The molecule has 0 fully saturated rings. The van der Waals surface area contributed by atoms with E-state index in [1.165, 1.54) is 17.7 Å². The summed E-state index contributed by atoms with van der Waals surface area (Å²) in [5, 5.41) is 6.07. The molecule has 1 aliphatic heterocycles. The maximum absolute atomic E-state index is 13.2. The lowest BCUT2D eigenvalue weighted by Gasteiger charge is -2.17. The SMILES string of the molecule is O=C(Nc1ccc(F)c(Br)c1)c1ccc2c(c1)CNCC2. The number of nitrogens with one attached hydrogen (secondary N) is 2. The number of rotatable bonds is 2. The molecule has 0 spiro atoms. The Hall–Kier alpha value is -1.72. The second-order valence-electron chi connectivity index (χ2n) is 4.99. The lowest BCUT2D eigenvalue weighted by atomic mass is 9.98. The Labute approximate surface area is 130 Å². The topological polar surface area (TPSA) is 41.1 Å².